The standard InChI is InChI=1S/C39H43F7O/c1-2-3-18-47-23-37(44)38(45)30-16-17-32(34(41)20-30)27-12-10-25(11-13-27)29-15-14-28(33(40)19-29)9-6-24-4-7-26(8-5-24)31-21-35(42)39(46)36(43)22-31/h14-17,19-22,24-27H,2-13,18,23H2,1H3/b38-37+. The molecule has 5 rings (SSSR count). The van der Waals surface area contributed by atoms with Gasteiger partial charge in [-0.05, 0) is 141 Å². The lowest BCUT2D eigenvalue weighted by atomic mass is 9.75. The van der Waals surface area contributed by atoms with Crippen LogP contribution in [0.5, 0.6) is 0 Å². The van der Waals surface area contributed by atoms with Gasteiger partial charge in [-0.2, -0.15) is 0 Å². The van der Waals surface area contributed by atoms with Crippen LogP contribution >= 0.6 is 0 Å². The van der Waals surface area contributed by atoms with Crippen LogP contribution in [0.3, 0.4) is 0 Å². The van der Waals surface area contributed by atoms with Gasteiger partial charge in [0.15, 0.2) is 29.1 Å². The van der Waals surface area contributed by atoms with Crippen LogP contribution in [0.1, 0.15) is 123 Å². The van der Waals surface area contributed by atoms with E-state index in [1.165, 1.54) is 6.07 Å². The maximum Gasteiger partial charge on any atom is 0.194 e. The summed E-state index contributed by atoms with van der Waals surface area (Å²) in [6.07, 6.45) is 9.28. The average molecular weight is 661 g/mol. The maximum atomic E-state index is 15.2. The Morgan fingerprint density at radius 3 is 1.94 bits per heavy atom. The second-order valence-electron chi connectivity index (χ2n) is 13.3. The summed E-state index contributed by atoms with van der Waals surface area (Å²) in [5.41, 5.74) is 2.45. The van der Waals surface area contributed by atoms with E-state index in [1.807, 2.05) is 19.1 Å². The van der Waals surface area contributed by atoms with Gasteiger partial charge in [0.05, 0.1) is 0 Å². The van der Waals surface area contributed by atoms with Gasteiger partial charge in [0.25, 0.3) is 0 Å². The van der Waals surface area contributed by atoms with Crippen molar-refractivity contribution in [2.45, 2.75) is 102 Å². The zero-order valence-corrected chi connectivity index (χ0v) is 26.9. The van der Waals surface area contributed by atoms with Gasteiger partial charge in [0.1, 0.15) is 18.2 Å². The molecule has 0 radical (unpaired) electrons. The summed E-state index contributed by atoms with van der Waals surface area (Å²) in [5.74, 6) is -6.18. The van der Waals surface area contributed by atoms with E-state index in [-0.39, 0.29) is 29.1 Å². The van der Waals surface area contributed by atoms with Crippen LogP contribution in [0.4, 0.5) is 30.7 Å². The lowest BCUT2D eigenvalue weighted by Crippen LogP contribution is -2.15. The minimum atomic E-state index is -1.44. The molecule has 0 atom stereocenters. The normalized spacial score (nSPS) is 22.3. The SMILES string of the molecule is CCCCOC/C(F)=C(\F)c1ccc(C2CCC(c3ccc(CCC4CCC(c5cc(F)c(F)c(F)c5)CC4)c(F)c3)CC2)c(F)c1. The summed E-state index contributed by atoms with van der Waals surface area (Å²) in [6.45, 7) is 1.83. The van der Waals surface area contributed by atoms with Crippen LogP contribution in [0.15, 0.2) is 54.4 Å². The van der Waals surface area contributed by atoms with Gasteiger partial charge in [-0.25, -0.2) is 30.7 Å². The molecule has 0 aromatic heterocycles. The summed E-state index contributed by atoms with van der Waals surface area (Å²) in [7, 11) is 0. The molecule has 3 aromatic rings. The molecule has 2 saturated carbocycles. The number of rotatable bonds is 12. The molecule has 0 heterocycles. The fourth-order valence-electron chi connectivity index (χ4n) is 7.34. The summed E-state index contributed by atoms with van der Waals surface area (Å²) in [4.78, 5) is 0. The molecule has 0 saturated heterocycles. The molecule has 2 aliphatic rings. The molecule has 0 unspecified atom stereocenters. The second kappa shape index (κ2) is 16.3. The first-order valence-corrected chi connectivity index (χ1v) is 17.0. The van der Waals surface area contributed by atoms with Gasteiger partial charge >= 0.3 is 0 Å². The van der Waals surface area contributed by atoms with Crippen molar-refractivity contribution in [3.05, 3.63) is 111 Å². The first-order valence-electron chi connectivity index (χ1n) is 17.0. The molecular formula is C39H43F7O. The first-order chi connectivity index (χ1) is 22.6. The van der Waals surface area contributed by atoms with Gasteiger partial charge in [0.2, 0.25) is 0 Å². The van der Waals surface area contributed by atoms with Gasteiger partial charge < -0.3 is 4.74 Å². The molecule has 1 nitrogen and oxygen atoms in total. The molecular weight excluding hydrogens is 617 g/mol. The second-order valence-corrected chi connectivity index (χ2v) is 13.3. The molecule has 0 spiro atoms. The predicted octanol–water partition coefficient (Wildman–Crippen LogP) is 12.2. The van der Waals surface area contributed by atoms with Gasteiger partial charge in [0, 0.05) is 12.2 Å². The Hall–Kier alpha value is -3.13. The molecule has 0 N–H and O–H groups in total. The fourth-order valence-corrected chi connectivity index (χ4v) is 7.34. The minimum Gasteiger partial charge on any atom is -0.374 e. The van der Waals surface area contributed by atoms with Crippen LogP contribution in [0.2, 0.25) is 0 Å². The lowest BCUT2D eigenvalue weighted by molar-refractivity contribution is 0.139. The van der Waals surface area contributed by atoms with E-state index < -0.39 is 41.5 Å². The monoisotopic (exact) mass is 660 g/mol. The van der Waals surface area contributed by atoms with E-state index in [1.54, 1.807) is 12.1 Å². The quantitative estimate of drug-likeness (QED) is 0.107. The lowest BCUT2D eigenvalue weighted by Gasteiger charge is -2.30. The van der Waals surface area contributed by atoms with Crippen molar-refractivity contribution in [3.63, 3.8) is 0 Å². The summed E-state index contributed by atoms with van der Waals surface area (Å²) in [5, 5.41) is 0. The Labute approximate surface area is 273 Å². The highest BCUT2D eigenvalue weighted by Crippen LogP contribution is 2.42. The minimum absolute atomic E-state index is 0.00650. The van der Waals surface area contributed by atoms with Crippen LogP contribution < -0.4 is 0 Å². The van der Waals surface area contributed by atoms with Crippen molar-refractivity contribution in [1.82, 2.24) is 0 Å². The predicted molar refractivity (Wildman–Crippen MR) is 171 cm³/mol. The third-order valence-corrected chi connectivity index (χ3v) is 10.2. The molecule has 2 fully saturated rings. The van der Waals surface area contributed by atoms with E-state index >= 15 is 8.78 Å². The van der Waals surface area contributed by atoms with Crippen molar-refractivity contribution in [2.75, 3.05) is 13.2 Å². The highest BCUT2D eigenvalue weighted by atomic mass is 19.2. The molecule has 8 heteroatoms. The molecule has 0 amide bonds. The van der Waals surface area contributed by atoms with Crippen LogP contribution in [0, 0.1) is 35.0 Å². The van der Waals surface area contributed by atoms with Gasteiger partial charge in [-0.3, -0.25) is 0 Å². The van der Waals surface area contributed by atoms with Crippen molar-refractivity contribution >= 4 is 5.83 Å². The van der Waals surface area contributed by atoms with Gasteiger partial charge in [-0.15, -0.1) is 0 Å². The number of unbranched alkanes of at least 4 members (excludes halogenated alkanes) is 1. The molecule has 2 aliphatic carbocycles. The van der Waals surface area contributed by atoms with Crippen LogP contribution in [-0.2, 0) is 11.2 Å². The van der Waals surface area contributed by atoms with Crippen molar-refractivity contribution in [1.29, 1.82) is 0 Å². The number of aryl methyl sites for hydroxylation is 1. The molecule has 254 valence electrons. The zero-order chi connectivity index (χ0) is 33.5. The van der Waals surface area contributed by atoms with E-state index in [9.17, 15) is 22.0 Å². The van der Waals surface area contributed by atoms with Crippen LogP contribution in [0.25, 0.3) is 5.83 Å². The van der Waals surface area contributed by atoms with E-state index in [4.69, 9.17) is 4.74 Å². The van der Waals surface area contributed by atoms with Crippen LogP contribution in [-0.4, -0.2) is 13.2 Å². The van der Waals surface area contributed by atoms with Gasteiger partial charge in [-0.1, -0.05) is 37.6 Å². The smallest absolute Gasteiger partial charge is 0.194 e. The zero-order valence-electron chi connectivity index (χ0n) is 26.9. The van der Waals surface area contributed by atoms with E-state index in [0.29, 0.717) is 48.5 Å². The number of halogens is 7. The highest BCUT2D eigenvalue weighted by molar-refractivity contribution is 5.61. The highest BCUT2D eigenvalue weighted by Gasteiger charge is 2.27. The first kappa shape index (κ1) is 35.2. The van der Waals surface area contributed by atoms with Crippen molar-refractivity contribution < 1.29 is 35.5 Å². The third-order valence-electron chi connectivity index (χ3n) is 10.2. The number of ether oxygens (including phenoxy) is 1. The topological polar surface area (TPSA) is 9.23 Å². The fraction of sp³-hybridized carbons (Fsp3) is 0.487. The molecule has 3 aromatic carbocycles. The Morgan fingerprint density at radius 1 is 0.681 bits per heavy atom. The third kappa shape index (κ3) is 8.87. The van der Waals surface area contributed by atoms with Crippen molar-refractivity contribution in [3.8, 4) is 0 Å². The molecule has 0 bridgehead atoms. The molecule has 47 heavy (non-hydrogen) atoms. The number of hydrogen-bond donors (Lipinski definition) is 0. The van der Waals surface area contributed by atoms with E-state index in [0.717, 1.165) is 81.5 Å². The van der Waals surface area contributed by atoms with E-state index in [2.05, 4.69) is 0 Å². The largest absolute Gasteiger partial charge is 0.374 e. The maximum absolute atomic E-state index is 15.2. The summed E-state index contributed by atoms with van der Waals surface area (Å²) in [6, 6.07) is 11.7. The number of hydrogen-bond acceptors (Lipinski definition) is 1. The molecule has 0 aliphatic heterocycles. The Balaban J connectivity index is 1.10. The number of benzene rings is 3. The summed E-state index contributed by atoms with van der Waals surface area (Å²) >= 11 is 0. The Morgan fingerprint density at radius 2 is 1.30 bits per heavy atom. The Kier molecular flexibility index (Phi) is 12.2. The summed E-state index contributed by atoms with van der Waals surface area (Å²) < 4.78 is 105. The van der Waals surface area contributed by atoms with Crippen molar-refractivity contribution in [2.24, 2.45) is 5.92 Å². The Bertz CT molecular complexity index is 1510. The average Bonchev–Trinajstić information content (AvgIpc) is 3.08.